The van der Waals surface area contributed by atoms with Crippen molar-refractivity contribution in [1.82, 2.24) is 5.32 Å². The molecule has 0 aliphatic carbocycles. The first-order chi connectivity index (χ1) is 9.97. The van der Waals surface area contributed by atoms with Crippen LogP contribution in [0.15, 0.2) is 42.5 Å². The Morgan fingerprint density at radius 2 is 1.52 bits per heavy atom. The lowest BCUT2D eigenvalue weighted by Crippen LogP contribution is -2.35. The second-order valence-corrected chi connectivity index (χ2v) is 5.12. The van der Waals surface area contributed by atoms with E-state index in [2.05, 4.69) is 10.6 Å². The zero-order valence-electron chi connectivity index (χ0n) is 11.7. The molecule has 0 aromatic heterocycles. The molecule has 108 valence electrons. The lowest BCUT2D eigenvalue weighted by molar-refractivity contribution is 0.0966. The number of anilines is 1. The fourth-order valence-corrected chi connectivity index (χ4v) is 2.16. The van der Waals surface area contributed by atoms with Crippen molar-refractivity contribution in [3.05, 3.63) is 64.2 Å². The highest BCUT2D eigenvalue weighted by Crippen LogP contribution is 2.14. The van der Waals surface area contributed by atoms with Crippen LogP contribution in [0.25, 0.3) is 0 Å². The Bertz CT molecular complexity index is 661. The molecule has 0 bridgehead atoms. The monoisotopic (exact) mass is 302 g/mol. The Kier molecular flexibility index (Phi) is 4.60. The van der Waals surface area contributed by atoms with Crippen LogP contribution >= 0.6 is 11.6 Å². The fraction of sp³-hybridized carbons (Fsp3) is 0.125. The molecule has 0 aliphatic rings. The summed E-state index contributed by atoms with van der Waals surface area (Å²) in [5, 5.41) is 5.47. The number of rotatable bonds is 2. The number of imide groups is 1. The third-order valence-corrected chi connectivity index (χ3v) is 3.29. The largest absolute Gasteiger partial charge is 0.326 e. The quantitative estimate of drug-likeness (QED) is 0.883. The molecule has 21 heavy (non-hydrogen) atoms. The number of nitrogens with one attached hydrogen (secondary N) is 2. The molecule has 2 rings (SSSR count). The Morgan fingerprint density at radius 3 is 2.10 bits per heavy atom. The van der Waals surface area contributed by atoms with Gasteiger partial charge in [0, 0.05) is 16.3 Å². The summed E-state index contributed by atoms with van der Waals surface area (Å²) < 4.78 is 0. The number of carbonyl (C=O) groups is 2. The summed E-state index contributed by atoms with van der Waals surface area (Å²) >= 11 is 5.76. The summed E-state index contributed by atoms with van der Waals surface area (Å²) in [6.45, 7) is 3.66. The van der Waals surface area contributed by atoms with Crippen LogP contribution in [-0.2, 0) is 0 Å². The summed E-state index contributed by atoms with van der Waals surface area (Å²) in [7, 11) is 0. The highest BCUT2D eigenvalue weighted by Gasteiger charge is 2.14. The van der Waals surface area contributed by atoms with Crippen LogP contribution in [0.3, 0.4) is 0 Å². The van der Waals surface area contributed by atoms with Gasteiger partial charge in [-0.25, -0.2) is 4.79 Å². The molecule has 3 amide bonds. The molecule has 2 aromatic rings. The number of amides is 3. The molecular weight excluding hydrogens is 288 g/mol. The van der Waals surface area contributed by atoms with E-state index in [4.69, 9.17) is 11.6 Å². The van der Waals surface area contributed by atoms with E-state index in [1.165, 1.54) is 0 Å². The van der Waals surface area contributed by atoms with Crippen molar-refractivity contribution in [2.45, 2.75) is 13.8 Å². The van der Waals surface area contributed by atoms with Gasteiger partial charge in [0.1, 0.15) is 0 Å². The van der Waals surface area contributed by atoms with Gasteiger partial charge in [-0.1, -0.05) is 29.8 Å². The van der Waals surface area contributed by atoms with Gasteiger partial charge >= 0.3 is 6.03 Å². The smallest absolute Gasteiger partial charge is 0.308 e. The van der Waals surface area contributed by atoms with Crippen molar-refractivity contribution in [2.75, 3.05) is 5.32 Å². The number of benzene rings is 2. The molecule has 0 aliphatic heterocycles. The van der Waals surface area contributed by atoms with Crippen LogP contribution in [0, 0.1) is 13.8 Å². The van der Waals surface area contributed by atoms with Crippen LogP contribution in [0.5, 0.6) is 0 Å². The van der Waals surface area contributed by atoms with Crippen molar-refractivity contribution < 1.29 is 9.59 Å². The maximum absolute atomic E-state index is 12.1. The predicted molar refractivity (Wildman–Crippen MR) is 83.9 cm³/mol. The SMILES string of the molecule is Cc1cccc(C)c1C(=O)NC(=O)Nc1ccc(Cl)cc1. The number of hydrogen-bond donors (Lipinski definition) is 2. The molecule has 0 heterocycles. The first-order valence-electron chi connectivity index (χ1n) is 6.41. The summed E-state index contributed by atoms with van der Waals surface area (Å²) in [6, 6.07) is 11.6. The van der Waals surface area contributed by atoms with E-state index in [0.29, 0.717) is 16.3 Å². The minimum absolute atomic E-state index is 0.419. The maximum Gasteiger partial charge on any atom is 0.326 e. The topological polar surface area (TPSA) is 58.2 Å². The van der Waals surface area contributed by atoms with Gasteiger partial charge in [-0.3, -0.25) is 10.1 Å². The van der Waals surface area contributed by atoms with Crippen molar-refractivity contribution in [3.8, 4) is 0 Å². The Labute approximate surface area is 128 Å². The molecule has 0 spiro atoms. The summed E-state index contributed by atoms with van der Waals surface area (Å²) in [6.07, 6.45) is 0. The molecule has 0 fully saturated rings. The Morgan fingerprint density at radius 1 is 0.952 bits per heavy atom. The molecule has 0 atom stereocenters. The van der Waals surface area contributed by atoms with E-state index in [1.54, 1.807) is 24.3 Å². The number of halogens is 1. The second-order valence-electron chi connectivity index (χ2n) is 4.68. The van der Waals surface area contributed by atoms with E-state index < -0.39 is 11.9 Å². The van der Waals surface area contributed by atoms with Gasteiger partial charge in [0.05, 0.1) is 0 Å². The van der Waals surface area contributed by atoms with Crippen LogP contribution in [0.2, 0.25) is 5.02 Å². The van der Waals surface area contributed by atoms with Gasteiger partial charge in [0.25, 0.3) is 5.91 Å². The first kappa shape index (κ1) is 15.1. The van der Waals surface area contributed by atoms with Crippen molar-refractivity contribution in [3.63, 3.8) is 0 Å². The number of carbonyl (C=O) groups excluding carboxylic acids is 2. The highest BCUT2D eigenvalue weighted by molar-refractivity contribution is 6.30. The molecule has 0 radical (unpaired) electrons. The third kappa shape index (κ3) is 3.83. The summed E-state index contributed by atoms with van der Waals surface area (Å²) in [5.74, 6) is -0.419. The lowest BCUT2D eigenvalue weighted by Gasteiger charge is -2.10. The van der Waals surface area contributed by atoms with E-state index in [1.807, 2.05) is 32.0 Å². The van der Waals surface area contributed by atoms with Crippen molar-refractivity contribution in [2.24, 2.45) is 0 Å². The van der Waals surface area contributed by atoms with Gasteiger partial charge < -0.3 is 5.32 Å². The van der Waals surface area contributed by atoms with Gasteiger partial charge in [-0.05, 0) is 49.2 Å². The van der Waals surface area contributed by atoms with Crippen LogP contribution < -0.4 is 10.6 Å². The van der Waals surface area contributed by atoms with E-state index in [-0.39, 0.29) is 0 Å². The molecule has 4 nitrogen and oxygen atoms in total. The van der Waals surface area contributed by atoms with E-state index in [0.717, 1.165) is 11.1 Å². The standard InChI is InChI=1S/C16H15ClN2O2/c1-10-4-3-5-11(2)14(10)15(20)19-16(21)18-13-8-6-12(17)7-9-13/h3-9H,1-2H3,(H2,18,19,20,21). The first-order valence-corrected chi connectivity index (χ1v) is 6.79. The van der Waals surface area contributed by atoms with Crippen molar-refractivity contribution in [1.29, 1.82) is 0 Å². The normalized spacial score (nSPS) is 10.0. The predicted octanol–water partition coefficient (Wildman–Crippen LogP) is 3.92. The molecule has 0 unspecified atom stereocenters. The van der Waals surface area contributed by atoms with Crippen LogP contribution in [-0.4, -0.2) is 11.9 Å². The van der Waals surface area contributed by atoms with Gasteiger partial charge in [0.15, 0.2) is 0 Å². The van der Waals surface area contributed by atoms with Crippen molar-refractivity contribution >= 4 is 29.2 Å². The van der Waals surface area contributed by atoms with Gasteiger partial charge in [-0.15, -0.1) is 0 Å². The number of urea groups is 1. The lowest BCUT2D eigenvalue weighted by atomic mass is 10.0. The number of hydrogen-bond acceptors (Lipinski definition) is 2. The third-order valence-electron chi connectivity index (χ3n) is 3.04. The Balaban J connectivity index is 2.06. The molecule has 2 aromatic carbocycles. The Hall–Kier alpha value is -2.33. The molecule has 5 heteroatoms. The molecule has 0 saturated carbocycles. The molecule has 0 saturated heterocycles. The van der Waals surface area contributed by atoms with Gasteiger partial charge in [0.2, 0.25) is 0 Å². The zero-order valence-corrected chi connectivity index (χ0v) is 12.5. The minimum Gasteiger partial charge on any atom is -0.308 e. The minimum atomic E-state index is -0.579. The highest BCUT2D eigenvalue weighted by atomic mass is 35.5. The average Bonchev–Trinajstić information content (AvgIpc) is 2.41. The van der Waals surface area contributed by atoms with Crippen LogP contribution in [0.4, 0.5) is 10.5 Å². The summed E-state index contributed by atoms with van der Waals surface area (Å²) in [4.78, 5) is 24.0. The average molecular weight is 303 g/mol. The summed E-state index contributed by atoms with van der Waals surface area (Å²) in [5.41, 5.74) is 2.73. The maximum atomic E-state index is 12.1. The fourth-order valence-electron chi connectivity index (χ4n) is 2.03. The molecule has 2 N–H and O–H groups in total. The van der Waals surface area contributed by atoms with E-state index in [9.17, 15) is 9.59 Å². The molecular formula is C16H15ClN2O2. The van der Waals surface area contributed by atoms with E-state index >= 15 is 0 Å². The van der Waals surface area contributed by atoms with Crippen LogP contribution in [0.1, 0.15) is 21.5 Å². The number of aryl methyl sites for hydroxylation is 2. The second kappa shape index (κ2) is 6.41. The zero-order chi connectivity index (χ0) is 15.4. The van der Waals surface area contributed by atoms with Gasteiger partial charge in [-0.2, -0.15) is 0 Å².